The lowest BCUT2D eigenvalue weighted by Gasteiger charge is -2.23. The van der Waals surface area contributed by atoms with Gasteiger partial charge in [-0.15, -0.1) is 0 Å². The summed E-state index contributed by atoms with van der Waals surface area (Å²) in [7, 11) is 3.56. The minimum Gasteiger partial charge on any atom is -0.325 e. The first-order valence-corrected chi connectivity index (χ1v) is 8.63. The van der Waals surface area contributed by atoms with Crippen LogP contribution in [0.25, 0.3) is 0 Å². The van der Waals surface area contributed by atoms with Crippen molar-refractivity contribution in [2.24, 2.45) is 7.05 Å². The van der Waals surface area contributed by atoms with E-state index >= 15 is 0 Å². The lowest BCUT2D eigenvalue weighted by molar-refractivity contribution is -0.122. The molecule has 0 aliphatic rings. The number of nitrogens with one attached hydrogen (secondary N) is 2. The van der Waals surface area contributed by atoms with Gasteiger partial charge in [-0.1, -0.05) is 11.6 Å². The van der Waals surface area contributed by atoms with Crippen LogP contribution < -0.4 is 10.6 Å². The van der Waals surface area contributed by atoms with Crippen LogP contribution in [0.4, 0.5) is 11.4 Å². The highest BCUT2D eigenvalue weighted by atomic mass is 35.5. The molecule has 2 aromatic rings. The number of halogens is 1. The van der Waals surface area contributed by atoms with Crippen molar-refractivity contribution in [1.82, 2.24) is 14.7 Å². The van der Waals surface area contributed by atoms with E-state index in [9.17, 15) is 9.59 Å². The predicted octanol–water partition coefficient (Wildman–Crippen LogP) is 2.59. The molecule has 0 saturated heterocycles. The zero-order chi connectivity index (χ0) is 19.4. The summed E-state index contributed by atoms with van der Waals surface area (Å²) in [6, 6.07) is 6.38. The zero-order valence-electron chi connectivity index (χ0n) is 15.6. The molecule has 0 radical (unpaired) electrons. The zero-order valence-corrected chi connectivity index (χ0v) is 16.4. The minimum absolute atomic E-state index is 0.0855. The van der Waals surface area contributed by atoms with Gasteiger partial charge >= 0.3 is 0 Å². The van der Waals surface area contributed by atoms with E-state index in [1.807, 2.05) is 20.9 Å². The second kappa shape index (κ2) is 8.33. The Kier molecular flexibility index (Phi) is 6.39. The van der Waals surface area contributed by atoms with E-state index in [0.29, 0.717) is 16.4 Å². The summed E-state index contributed by atoms with van der Waals surface area (Å²) in [5.41, 5.74) is 3.01. The molecule has 0 saturated carbocycles. The largest absolute Gasteiger partial charge is 0.325 e. The van der Waals surface area contributed by atoms with E-state index < -0.39 is 6.04 Å². The monoisotopic (exact) mass is 377 g/mol. The van der Waals surface area contributed by atoms with Crippen LogP contribution in [0.1, 0.15) is 18.3 Å². The van der Waals surface area contributed by atoms with E-state index in [2.05, 4.69) is 15.7 Å². The van der Waals surface area contributed by atoms with E-state index in [1.165, 1.54) is 0 Å². The van der Waals surface area contributed by atoms with Gasteiger partial charge in [-0.05, 0) is 52.1 Å². The van der Waals surface area contributed by atoms with Gasteiger partial charge in [-0.2, -0.15) is 5.10 Å². The molecule has 1 aromatic carbocycles. The molecule has 2 N–H and O–H groups in total. The van der Waals surface area contributed by atoms with Crippen LogP contribution in [0.5, 0.6) is 0 Å². The number of nitrogens with zero attached hydrogens (tertiary/aromatic N) is 3. The molecular weight excluding hydrogens is 354 g/mol. The number of rotatable bonds is 6. The van der Waals surface area contributed by atoms with E-state index in [4.69, 9.17) is 11.6 Å². The average molecular weight is 378 g/mol. The number of carbonyl (C=O) groups is 2. The van der Waals surface area contributed by atoms with Crippen LogP contribution in [0.15, 0.2) is 24.3 Å². The van der Waals surface area contributed by atoms with Gasteiger partial charge < -0.3 is 10.6 Å². The van der Waals surface area contributed by atoms with Gasteiger partial charge in [0.2, 0.25) is 11.8 Å². The number of aryl methyl sites for hydroxylation is 2. The van der Waals surface area contributed by atoms with E-state index in [-0.39, 0.29) is 18.4 Å². The molecule has 2 rings (SSSR count). The van der Waals surface area contributed by atoms with Gasteiger partial charge in [0.05, 0.1) is 29.7 Å². The predicted molar refractivity (Wildman–Crippen MR) is 103 cm³/mol. The molecule has 2 amide bonds. The van der Waals surface area contributed by atoms with E-state index in [1.54, 1.807) is 47.8 Å². The second-order valence-corrected chi connectivity index (χ2v) is 6.74. The van der Waals surface area contributed by atoms with Gasteiger partial charge in [0.1, 0.15) is 0 Å². The SMILES string of the molecule is Cc1nn(C)c(C)c1NC(=O)[C@@H](C)N(C)CC(=O)Nc1ccc(Cl)cc1. The van der Waals surface area contributed by atoms with Crippen LogP contribution in [0.2, 0.25) is 5.02 Å². The quantitative estimate of drug-likeness (QED) is 0.811. The van der Waals surface area contributed by atoms with Gasteiger partial charge in [-0.3, -0.25) is 19.2 Å². The van der Waals surface area contributed by atoms with Crippen molar-refractivity contribution in [2.45, 2.75) is 26.8 Å². The number of benzene rings is 1. The standard InChI is InChI=1S/C18H24ClN5O2/c1-11-17(12(2)24(5)22-11)21-18(26)13(3)23(4)10-16(25)20-15-8-6-14(19)7-9-15/h6-9,13H,10H2,1-5H3,(H,20,25)(H,21,26)/t13-/m1/s1. The highest BCUT2D eigenvalue weighted by Gasteiger charge is 2.22. The number of amides is 2. The van der Waals surface area contributed by atoms with Gasteiger partial charge in [0, 0.05) is 17.8 Å². The molecule has 0 unspecified atom stereocenters. The normalized spacial score (nSPS) is 12.1. The first-order chi connectivity index (χ1) is 12.2. The van der Waals surface area contributed by atoms with Crippen LogP contribution in [0, 0.1) is 13.8 Å². The van der Waals surface area contributed by atoms with Crippen molar-refractivity contribution >= 4 is 34.8 Å². The summed E-state index contributed by atoms with van der Waals surface area (Å²) < 4.78 is 1.72. The summed E-state index contributed by atoms with van der Waals surface area (Å²) in [6.07, 6.45) is 0. The number of hydrogen-bond donors (Lipinski definition) is 2. The van der Waals surface area contributed by atoms with Crippen molar-refractivity contribution in [3.63, 3.8) is 0 Å². The van der Waals surface area contributed by atoms with Crippen LogP contribution in [-0.4, -0.2) is 46.1 Å². The number of carbonyl (C=O) groups excluding carboxylic acids is 2. The number of anilines is 2. The fraction of sp³-hybridized carbons (Fsp3) is 0.389. The lowest BCUT2D eigenvalue weighted by atomic mass is 10.2. The van der Waals surface area contributed by atoms with Gasteiger partial charge in [0.25, 0.3) is 0 Å². The maximum Gasteiger partial charge on any atom is 0.241 e. The molecule has 1 atom stereocenters. The molecule has 0 fully saturated rings. The molecule has 0 bridgehead atoms. The number of likely N-dealkylation sites (N-methyl/N-ethyl adjacent to an activating group) is 1. The summed E-state index contributed by atoms with van der Waals surface area (Å²) >= 11 is 5.83. The Morgan fingerprint density at radius 2 is 1.85 bits per heavy atom. The molecule has 7 nitrogen and oxygen atoms in total. The van der Waals surface area contributed by atoms with Crippen molar-refractivity contribution in [1.29, 1.82) is 0 Å². The van der Waals surface area contributed by atoms with Crippen molar-refractivity contribution in [2.75, 3.05) is 24.2 Å². The lowest BCUT2D eigenvalue weighted by Crippen LogP contribution is -2.43. The topological polar surface area (TPSA) is 79.3 Å². The molecule has 0 spiro atoms. The van der Waals surface area contributed by atoms with Crippen LogP contribution in [-0.2, 0) is 16.6 Å². The van der Waals surface area contributed by atoms with Crippen LogP contribution >= 0.6 is 11.6 Å². The first-order valence-electron chi connectivity index (χ1n) is 8.25. The summed E-state index contributed by atoms with van der Waals surface area (Å²) in [5, 5.41) is 10.6. The fourth-order valence-electron chi connectivity index (χ4n) is 2.48. The van der Waals surface area contributed by atoms with Crippen molar-refractivity contribution in [3.8, 4) is 0 Å². The Balaban J connectivity index is 1.93. The third-order valence-electron chi connectivity index (χ3n) is 4.32. The highest BCUT2D eigenvalue weighted by molar-refractivity contribution is 6.30. The third kappa shape index (κ3) is 4.83. The molecule has 140 valence electrons. The minimum atomic E-state index is -0.482. The molecule has 26 heavy (non-hydrogen) atoms. The molecule has 1 aromatic heterocycles. The van der Waals surface area contributed by atoms with Gasteiger partial charge in [0.15, 0.2) is 0 Å². The Bertz CT molecular complexity index is 801. The summed E-state index contributed by atoms with van der Waals surface area (Å²) in [5.74, 6) is -0.394. The third-order valence-corrected chi connectivity index (χ3v) is 4.57. The Labute approximate surface area is 158 Å². The smallest absolute Gasteiger partial charge is 0.241 e. The number of aromatic nitrogens is 2. The summed E-state index contributed by atoms with van der Waals surface area (Å²) in [4.78, 5) is 26.4. The molecule has 0 aliphatic carbocycles. The average Bonchev–Trinajstić information content (AvgIpc) is 2.82. The first kappa shape index (κ1) is 19.9. The number of hydrogen-bond acceptors (Lipinski definition) is 4. The van der Waals surface area contributed by atoms with E-state index in [0.717, 1.165) is 11.4 Å². The van der Waals surface area contributed by atoms with Crippen LogP contribution in [0.3, 0.4) is 0 Å². The highest BCUT2D eigenvalue weighted by Crippen LogP contribution is 2.19. The fourth-order valence-corrected chi connectivity index (χ4v) is 2.61. The van der Waals surface area contributed by atoms with Crippen molar-refractivity contribution < 1.29 is 9.59 Å². The Morgan fingerprint density at radius 1 is 1.23 bits per heavy atom. The Hall–Kier alpha value is -2.38. The summed E-state index contributed by atoms with van der Waals surface area (Å²) in [6.45, 7) is 5.58. The maximum atomic E-state index is 12.5. The molecule has 1 heterocycles. The maximum absolute atomic E-state index is 12.5. The van der Waals surface area contributed by atoms with Crippen molar-refractivity contribution in [3.05, 3.63) is 40.7 Å². The Morgan fingerprint density at radius 3 is 2.38 bits per heavy atom. The second-order valence-electron chi connectivity index (χ2n) is 6.30. The van der Waals surface area contributed by atoms with Gasteiger partial charge in [-0.25, -0.2) is 0 Å². The molecule has 8 heteroatoms. The molecule has 0 aliphatic heterocycles. The molecular formula is C18H24ClN5O2.